The summed E-state index contributed by atoms with van der Waals surface area (Å²) in [7, 11) is 0. The Bertz CT molecular complexity index is 1190. The van der Waals surface area contributed by atoms with Gasteiger partial charge < -0.3 is 9.80 Å². The molecular weight excluding hydrogens is 492 g/mol. The molecule has 0 bridgehead atoms. The third-order valence-electron chi connectivity index (χ3n) is 7.15. The number of hydrogen-bond acceptors (Lipinski definition) is 5. The maximum Gasteiger partial charge on any atom is 0.273 e. The van der Waals surface area contributed by atoms with Crippen LogP contribution in [0.15, 0.2) is 60.0 Å². The Morgan fingerprint density at radius 3 is 2.31 bits per heavy atom. The minimum absolute atomic E-state index is 0.0317. The fourth-order valence-corrected chi connectivity index (χ4v) is 6.15. The first-order valence-corrected chi connectivity index (χ1v) is 13.8. The minimum atomic E-state index is 0.0317. The van der Waals surface area contributed by atoms with Crippen molar-refractivity contribution in [1.29, 1.82) is 0 Å². The van der Waals surface area contributed by atoms with Gasteiger partial charge in [0.15, 0.2) is 0 Å². The van der Waals surface area contributed by atoms with Gasteiger partial charge in [0, 0.05) is 62.1 Å². The Morgan fingerprint density at radius 2 is 1.58 bits per heavy atom. The first-order valence-electron chi connectivity index (χ1n) is 12.6. The van der Waals surface area contributed by atoms with Crippen LogP contribution in [0, 0.1) is 0 Å². The van der Waals surface area contributed by atoms with Crippen LogP contribution in [0.1, 0.15) is 45.4 Å². The number of nitrogens with zero attached hydrogens (tertiary/aromatic N) is 4. The largest absolute Gasteiger partial charge is 0.342 e. The van der Waals surface area contributed by atoms with Gasteiger partial charge in [0.2, 0.25) is 5.91 Å². The van der Waals surface area contributed by atoms with Crippen LogP contribution >= 0.6 is 22.9 Å². The fourth-order valence-electron chi connectivity index (χ4n) is 4.98. The van der Waals surface area contributed by atoms with Gasteiger partial charge >= 0.3 is 0 Å². The van der Waals surface area contributed by atoms with Crippen LogP contribution < -0.4 is 0 Å². The van der Waals surface area contributed by atoms with Crippen LogP contribution in [0.5, 0.6) is 0 Å². The number of piperazine rings is 1. The second kappa shape index (κ2) is 11.5. The number of aromatic nitrogens is 1. The summed E-state index contributed by atoms with van der Waals surface area (Å²) in [5.74, 6) is 0.441. The average molecular weight is 523 g/mol. The van der Waals surface area contributed by atoms with E-state index in [1.807, 2.05) is 45.5 Å². The first-order chi connectivity index (χ1) is 17.6. The van der Waals surface area contributed by atoms with Crippen molar-refractivity contribution in [2.45, 2.75) is 31.7 Å². The molecule has 36 heavy (non-hydrogen) atoms. The van der Waals surface area contributed by atoms with Crippen LogP contribution in [0.3, 0.4) is 0 Å². The molecule has 6 nitrogen and oxygen atoms in total. The number of carbonyl (C=O) groups is 2. The molecule has 0 spiro atoms. The van der Waals surface area contributed by atoms with E-state index in [4.69, 9.17) is 16.6 Å². The zero-order chi connectivity index (χ0) is 24.9. The Morgan fingerprint density at radius 1 is 0.889 bits per heavy atom. The van der Waals surface area contributed by atoms with Crippen molar-refractivity contribution in [3.05, 3.63) is 86.8 Å². The van der Waals surface area contributed by atoms with Crippen molar-refractivity contribution in [1.82, 2.24) is 19.7 Å². The molecule has 0 aliphatic carbocycles. The van der Waals surface area contributed by atoms with Gasteiger partial charge in [-0.2, -0.15) is 0 Å². The third kappa shape index (κ3) is 5.97. The van der Waals surface area contributed by atoms with Crippen LogP contribution in [0.25, 0.3) is 0 Å². The fraction of sp³-hybridized carbons (Fsp3) is 0.393. The Labute approximate surface area is 221 Å². The smallest absolute Gasteiger partial charge is 0.273 e. The van der Waals surface area contributed by atoms with Gasteiger partial charge in [-0.05, 0) is 30.0 Å². The topological polar surface area (TPSA) is 56.8 Å². The molecule has 0 N–H and O–H groups in total. The monoisotopic (exact) mass is 522 g/mol. The number of hydrogen-bond donors (Lipinski definition) is 0. The third-order valence-corrected chi connectivity index (χ3v) is 8.52. The van der Waals surface area contributed by atoms with Crippen molar-refractivity contribution in [3.63, 3.8) is 0 Å². The summed E-state index contributed by atoms with van der Waals surface area (Å²) in [6.45, 7) is 5.54. The molecule has 5 rings (SSSR count). The first kappa shape index (κ1) is 24.9. The van der Waals surface area contributed by atoms with Crippen molar-refractivity contribution in [3.8, 4) is 0 Å². The number of thiazole rings is 1. The van der Waals surface area contributed by atoms with E-state index in [0.717, 1.165) is 56.1 Å². The van der Waals surface area contributed by atoms with Crippen LogP contribution in [-0.2, 0) is 17.8 Å². The molecule has 2 amide bonds. The van der Waals surface area contributed by atoms with Crippen molar-refractivity contribution in [2.75, 3.05) is 39.3 Å². The number of rotatable bonds is 6. The zero-order valence-electron chi connectivity index (χ0n) is 20.3. The SMILES string of the molecule is O=C(Cc1ccccc1Cl)N1CCC(c2nc(C(=O)N3CCN(Cc4ccccc4)CC3)cs2)CC1. The number of piperidine rings is 1. The standard InChI is InChI=1S/C28H31ClN4O2S/c29-24-9-5-4-8-23(24)18-26(34)32-12-10-22(11-13-32)27-30-25(20-36-27)28(35)33-16-14-31(15-17-33)19-21-6-2-1-3-7-21/h1-9,20,22H,10-19H2. The van der Waals surface area contributed by atoms with E-state index >= 15 is 0 Å². The lowest BCUT2D eigenvalue weighted by molar-refractivity contribution is -0.131. The van der Waals surface area contributed by atoms with E-state index in [1.54, 1.807) is 11.3 Å². The molecule has 2 aromatic carbocycles. The molecule has 2 fully saturated rings. The van der Waals surface area contributed by atoms with Gasteiger partial charge in [0.05, 0.1) is 11.4 Å². The quantitative estimate of drug-likeness (QED) is 0.471. The Hall–Kier alpha value is -2.74. The molecule has 2 aliphatic rings. The molecule has 0 unspecified atom stereocenters. The van der Waals surface area contributed by atoms with E-state index in [2.05, 4.69) is 29.2 Å². The van der Waals surface area contributed by atoms with E-state index < -0.39 is 0 Å². The van der Waals surface area contributed by atoms with Crippen LogP contribution in [-0.4, -0.2) is 70.8 Å². The molecule has 0 atom stereocenters. The van der Waals surface area contributed by atoms with Gasteiger partial charge in [-0.3, -0.25) is 14.5 Å². The Kier molecular flexibility index (Phi) is 7.99. The molecule has 8 heteroatoms. The summed E-state index contributed by atoms with van der Waals surface area (Å²) in [6.07, 6.45) is 2.07. The summed E-state index contributed by atoms with van der Waals surface area (Å²) in [6, 6.07) is 18.0. The number of amides is 2. The number of carbonyl (C=O) groups excluding carboxylic acids is 2. The van der Waals surface area contributed by atoms with Gasteiger partial charge in [-0.15, -0.1) is 11.3 Å². The van der Waals surface area contributed by atoms with Gasteiger partial charge in [-0.25, -0.2) is 4.98 Å². The maximum atomic E-state index is 13.1. The molecule has 0 radical (unpaired) electrons. The predicted molar refractivity (Wildman–Crippen MR) is 143 cm³/mol. The summed E-state index contributed by atoms with van der Waals surface area (Å²) in [4.78, 5) is 36.8. The van der Waals surface area contributed by atoms with E-state index in [0.29, 0.717) is 36.1 Å². The summed E-state index contributed by atoms with van der Waals surface area (Å²) in [5, 5.41) is 3.56. The molecule has 2 aliphatic heterocycles. The van der Waals surface area contributed by atoms with E-state index in [-0.39, 0.29) is 11.8 Å². The summed E-state index contributed by atoms with van der Waals surface area (Å²) < 4.78 is 0. The number of benzene rings is 2. The number of halogens is 1. The second-order valence-electron chi connectivity index (χ2n) is 9.55. The summed E-state index contributed by atoms with van der Waals surface area (Å²) >= 11 is 7.80. The van der Waals surface area contributed by atoms with Gasteiger partial charge in [-0.1, -0.05) is 60.1 Å². The average Bonchev–Trinajstić information content (AvgIpc) is 3.41. The molecule has 0 saturated carbocycles. The van der Waals surface area contributed by atoms with Crippen LogP contribution in [0.4, 0.5) is 0 Å². The zero-order valence-corrected chi connectivity index (χ0v) is 21.9. The molecule has 188 valence electrons. The Balaban J connectivity index is 1.10. The van der Waals surface area contributed by atoms with Gasteiger partial charge in [0.1, 0.15) is 5.69 Å². The lowest BCUT2D eigenvalue weighted by Gasteiger charge is -2.34. The molecule has 1 aromatic heterocycles. The molecule has 3 heterocycles. The van der Waals surface area contributed by atoms with Crippen molar-refractivity contribution in [2.24, 2.45) is 0 Å². The normalized spacial score (nSPS) is 17.4. The highest BCUT2D eigenvalue weighted by Crippen LogP contribution is 2.31. The molecule has 3 aromatic rings. The molecular formula is C28H31ClN4O2S. The predicted octanol–water partition coefficient (Wildman–Crippen LogP) is 4.70. The lowest BCUT2D eigenvalue weighted by Crippen LogP contribution is -2.48. The maximum absolute atomic E-state index is 13.1. The van der Waals surface area contributed by atoms with Crippen LogP contribution in [0.2, 0.25) is 5.02 Å². The highest BCUT2D eigenvalue weighted by Gasteiger charge is 2.28. The van der Waals surface area contributed by atoms with Crippen molar-refractivity contribution >= 4 is 34.8 Å². The van der Waals surface area contributed by atoms with E-state index in [1.165, 1.54) is 5.56 Å². The van der Waals surface area contributed by atoms with E-state index in [9.17, 15) is 9.59 Å². The summed E-state index contributed by atoms with van der Waals surface area (Å²) in [5.41, 5.74) is 2.73. The van der Waals surface area contributed by atoms with Gasteiger partial charge in [0.25, 0.3) is 5.91 Å². The molecule has 2 saturated heterocycles. The highest BCUT2D eigenvalue weighted by atomic mass is 35.5. The second-order valence-corrected chi connectivity index (χ2v) is 10.8. The minimum Gasteiger partial charge on any atom is -0.342 e. The number of likely N-dealkylation sites (tertiary alicyclic amines) is 1. The lowest BCUT2D eigenvalue weighted by atomic mass is 9.97. The van der Waals surface area contributed by atoms with Crippen molar-refractivity contribution < 1.29 is 9.59 Å². The highest BCUT2D eigenvalue weighted by molar-refractivity contribution is 7.09.